The molecule has 0 bridgehead atoms. The monoisotopic (exact) mass is 515 g/mol. The van der Waals surface area contributed by atoms with E-state index in [9.17, 15) is 8.42 Å². The molecule has 3 N–H and O–H groups in total. The largest absolute Gasteiger partial charge is 0.386 e. The number of hydrogen-bond donors (Lipinski definition) is 3. The number of rotatable bonds is 5. The number of benzene rings is 3. The van der Waals surface area contributed by atoms with Gasteiger partial charge in [0.15, 0.2) is 0 Å². The standard InChI is InChI=1S/C24H21N5O2S.2ClH/c1-25-21-14-16(29-32(2,30)31)10-12-20(21)28-23-17-7-3-4-8-19(17)27-24-18(23)11-9-15-6-5-13-26-22(15)24;;/h3-14,25,29H,1-2H3,(H,27,28);2*1H. The van der Waals surface area contributed by atoms with Crippen molar-refractivity contribution in [1.82, 2.24) is 9.97 Å². The van der Waals surface area contributed by atoms with Gasteiger partial charge < -0.3 is 10.6 Å². The average Bonchev–Trinajstić information content (AvgIpc) is 2.78. The van der Waals surface area contributed by atoms with Gasteiger partial charge in [-0.25, -0.2) is 13.4 Å². The van der Waals surface area contributed by atoms with E-state index in [0.29, 0.717) is 5.69 Å². The van der Waals surface area contributed by atoms with E-state index in [0.717, 1.165) is 56.0 Å². The second-order valence-electron chi connectivity index (χ2n) is 7.55. The summed E-state index contributed by atoms with van der Waals surface area (Å²) < 4.78 is 25.7. The normalized spacial score (nSPS) is 11.0. The number of aromatic nitrogens is 2. The molecule has 0 fully saturated rings. The summed E-state index contributed by atoms with van der Waals surface area (Å²) in [6, 6.07) is 21.3. The third kappa shape index (κ3) is 4.79. The topological polar surface area (TPSA) is 96.0 Å². The van der Waals surface area contributed by atoms with Gasteiger partial charge in [0, 0.05) is 29.4 Å². The van der Waals surface area contributed by atoms with Gasteiger partial charge in [0.25, 0.3) is 0 Å². The minimum atomic E-state index is -3.37. The summed E-state index contributed by atoms with van der Waals surface area (Å²) in [6.07, 6.45) is 2.91. The summed E-state index contributed by atoms with van der Waals surface area (Å²) in [5.74, 6) is 0. The molecule has 2 aromatic heterocycles. The zero-order valence-corrected chi connectivity index (χ0v) is 20.8. The fraction of sp³-hybridized carbons (Fsp3) is 0.0833. The summed E-state index contributed by atoms with van der Waals surface area (Å²) in [5.41, 5.74) is 5.51. The summed E-state index contributed by atoms with van der Waals surface area (Å²) in [6.45, 7) is 0. The summed E-state index contributed by atoms with van der Waals surface area (Å²) in [7, 11) is -1.57. The SMILES string of the molecule is CNc1cc(NS(C)(=O)=O)ccc1Nc1c2ccccc2nc2c1ccc1cccnc12.Cl.Cl. The van der Waals surface area contributed by atoms with Crippen molar-refractivity contribution in [1.29, 1.82) is 0 Å². The molecule has 176 valence electrons. The van der Waals surface area contributed by atoms with Crippen LogP contribution in [0.25, 0.3) is 32.7 Å². The lowest BCUT2D eigenvalue weighted by Crippen LogP contribution is -2.10. The number of nitrogens with zero attached hydrogens (tertiary/aromatic N) is 2. The first-order chi connectivity index (χ1) is 15.4. The van der Waals surface area contributed by atoms with Crippen molar-refractivity contribution in [2.75, 3.05) is 28.7 Å². The Kier molecular flexibility index (Phi) is 7.35. The highest BCUT2D eigenvalue weighted by molar-refractivity contribution is 7.92. The molecular weight excluding hydrogens is 493 g/mol. The Bertz CT molecular complexity index is 1610. The quantitative estimate of drug-likeness (QED) is 0.198. The van der Waals surface area contributed by atoms with Crippen molar-refractivity contribution in [3.63, 3.8) is 0 Å². The molecule has 0 saturated carbocycles. The lowest BCUT2D eigenvalue weighted by molar-refractivity contribution is 0.607. The Labute approximate surface area is 209 Å². The molecule has 5 rings (SSSR count). The zero-order valence-electron chi connectivity index (χ0n) is 18.4. The highest BCUT2D eigenvalue weighted by Gasteiger charge is 2.14. The molecule has 7 nitrogen and oxygen atoms in total. The van der Waals surface area contributed by atoms with E-state index < -0.39 is 10.0 Å². The van der Waals surface area contributed by atoms with Crippen molar-refractivity contribution in [2.24, 2.45) is 0 Å². The summed E-state index contributed by atoms with van der Waals surface area (Å²) in [5, 5.41) is 9.66. The molecular formula is C24H23Cl2N5O2S. The van der Waals surface area contributed by atoms with E-state index >= 15 is 0 Å². The summed E-state index contributed by atoms with van der Waals surface area (Å²) in [4.78, 5) is 9.49. The van der Waals surface area contributed by atoms with E-state index in [1.54, 1.807) is 25.4 Å². The molecule has 10 heteroatoms. The number of fused-ring (bicyclic) bond motifs is 4. The third-order valence-corrected chi connectivity index (χ3v) is 5.88. The number of halogens is 2. The number of sulfonamides is 1. The molecule has 0 radical (unpaired) electrons. The molecule has 0 amide bonds. The van der Waals surface area contributed by atoms with Gasteiger partial charge >= 0.3 is 0 Å². The Hall–Kier alpha value is -3.33. The van der Waals surface area contributed by atoms with Gasteiger partial charge in [0.2, 0.25) is 10.0 Å². The molecule has 0 saturated heterocycles. The van der Waals surface area contributed by atoms with Crippen LogP contribution in [0.2, 0.25) is 0 Å². The molecule has 2 heterocycles. The van der Waals surface area contributed by atoms with Crippen LogP contribution >= 0.6 is 24.8 Å². The van der Waals surface area contributed by atoms with Crippen molar-refractivity contribution in [3.05, 3.63) is 72.9 Å². The van der Waals surface area contributed by atoms with Crippen LogP contribution in [0.15, 0.2) is 72.9 Å². The van der Waals surface area contributed by atoms with Crippen molar-refractivity contribution >= 4 is 90.3 Å². The van der Waals surface area contributed by atoms with Crippen LogP contribution in [0.1, 0.15) is 0 Å². The Balaban J connectivity index is 0.00000162. The highest BCUT2D eigenvalue weighted by atomic mass is 35.5. The lowest BCUT2D eigenvalue weighted by Gasteiger charge is -2.17. The van der Waals surface area contributed by atoms with Crippen LogP contribution in [0, 0.1) is 0 Å². The van der Waals surface area contributed by atoms with Crippen LogP contribution in [0.5, 0.6) is 0 Å². The van der Waals surface area contributed by atoms with E-state index in [1.807, 2.05) is 48.5 Å². The number of para-hydroxylation sites is 1. The predicted molar refractivity (Wildman–Crippen MR) is 147 cm³/mol. The first-order valence-corrected chi connectivity index (χ1v) is 11.9. The number of pyridine rings is 2. The van der Waals surface area contributed by atoms with Crippen LogP contribution in [0.3, 0.4) is 0 Å². The molecule has 0 spiro atoms. The fourth-order valence-electron chi connectivity index (χ4n) is 3.90. The second-order valence-corrected chi connectivity index (χ2v) is 9.30. The third-order valence-electron chi connectivity index (χ3n) is 5.27. The summed E-state index contributed by atoms with van der Waals surface area (Å²) >= 11 is 0. The minimum absolute atomic E-state index is 0. The maximum Gasteiger partial charge on any atom is 0.229 e. The molecule has 0 aliphatic heterocycles. The number of nitrogens with one attached hydrogen (secondary N) is 3. The Morgan fingerprint density at radius 3 is 2.38 bits per heavy atom. The molecule has 0 aliphatic carbocycles. The van der Waals surface area contributed by atoms with E-state index in [1.165, 1.54) is 0 Å². The molecule has 0 atom stereocenters. The second kappa shape index (κ2) is 9.89. The van der Waals surface area contributed by atoms with Gasteiger partial charge in [-0.3, -0.25) is 9.71 Å². The van der Waals surface area contributed by atoms with Gasteiger partial charge in [-0.05, 0) is 36.4 Å². The lowest BCUT2D eigenvalue weighted by atomic mass is 10.0. The van der Waals surface area contributed by atoms with Gasteiger partial charge in [-0.15, -0.1) is 24.8 Å². The van der Waals surface area contributed by atoms with E-state index in [-0.39, 0.29) is 24.8 Å². The molecule has 0 unspecified atom stereocenters. The zero-order chi connectivity index (χ0) is 22.3. The van der Waals surface area contributed by atoms with Gasteiger partial charge in [0.05, 0.1) is 45.6 Å². The smallest absolute Gasteiger partial charge is 0.229 e. The first kappa shape index (κ1) is 25.3. The Morgan fingerprint density at radius 1 is 0.824 bits per heavy atom. The predicted octanol–water partition coefficient (Wildman–Crippen LogP) is 5.94. The van der Waals surface area contributed by atoms with Gasteiger partial charge in [-0.1, -0.05) is 30.3 Å². The van der Waals surface area contributed by atoms with Crippen molar-refractivity contribution in [2.45, 2.75) is 0 Å². The van der Waals surface area contributed by atoms with Crippen LogP contribution < -0.4 is 15.4 Å². The van der Waals surface area contributed by atoms with Crippen LogP contribution in [-0.2, 0) is 10.0 Å². The first-order valence-electron chi connectivity index (χ1n) is 10.1. The minimum Gasteiger partial charge on any atom is -0.386 e. The maximum atomic E-state index is 11.6. The number of hydrogen-bond acceptors (Lipinski definition) is 6. The number of anilines is 4. The average molecular weight is 516 g/mol. The molecule has 3 aromatic carbocycles. The maximum absolute atomic E-state index is 11.6. The Morgan fingerprint density at radius 2 is 1.62 bits per heavy atom. The van der Waals surface area contributed by atoms with Crippen LogP contribution in [-0.4, -0.2) is 31.7 Å². The molecule has 5 aromatic rings. The molecule has 0 aliphatic rings. The van der Waals surface area contributed by atoms with Crippen molar-refractivity contribution < 1.29 is 8.42 Å². The van der Waals surface area contributed by atoms with Crippen LogP contribution in [0.4, 0.5) is 22.7 Å². The highest BCUT2D eigenvalue weighted by Crippen LogP contribution is 2.37. The van der Waals surface area contributed by atoms with E-state index in [2.05, 4.69) is 26.4 Å². The van der Waals surface area contributed by atoms with Gasteiger partial charge in [-0.2, -0.15) is 0 Å². The van der Waals surface area contributed by atoms with Gasteiger partial charge in [0.1, 0.15) is 0 Å². The fourth-order valence-corrected chi connectivity index (χ4v) is 4.45. The molecule has 34 heavy (non-hydrogen) atoms. The van der Waals surface area contributed by atoms with E-state index in [4.69, 9.17) is 4.98 Å². The van der Waals surface area contributed by atoms with Crippen molar-refractivity contribution in [3.8, 4) is 0 Å².